The maximum atomic E-state index is 6.01. The van der Waals surface area contributed by atoms with Crippen LogP contribution in [0.25, 0.3) is 0 Å². The van der Waals surface area contributed by atoms with E-state index in [1.807, 2.05) is 0 Å². The summed E-state index contributed by atoms with van der Waals surface area (Å²) in [6.07, 6.45) is 7.12. The van der Waals surface area contributed by atoms with Gasteiger partial charge in [-0.05, 0) is 36.2 Å². The van der Waals surface area contributed by atoms with Gasteiger partial charge in [0.15, 0.2) is 0 Å². The second kappa shape index (κ2) is 2.02. The van der Waals surface area contributed by atoms with Crippen LogP contribution in [0, 0.1) is 17.8 Å². The average molecular weight is 161 g/mol. The molecule has 0 bridgehead atoms. The number of allylic oxidation sites excluding steroid dienone is 2. The van der Waals surface area contributed by atoms with Gasteiger partial charge in [-0.25, -0.2) is 0 Å². The highest BCUT2D eigenvalue weighted by Crippen LogP contribution is 2.57. The van der Waals surface area contributed by atoms with E-state index >= 15 is 0 Å². The highest BCUT2D eigenvalue weighted by atomic mass is 14.7. The first-order valence-corrected chi connectivity index (χ1v) is 4.96. The summed E-state index contributed by atoms with van der Waals surface area (Å²) in [5, 5.41) is 0. The molecular formula is C11H15N. The first-order valence-electron chi connectivity index (χ1n) is 4.96. The van der Waals surface area contributed by atoms with Crippen molar-refractivity contribution in [1.29, 1.82) is 0 Å². The van der Waals surface area contributed by atoms with Crippen LogP contribution in [0.5, 0.6) is 0 Å². The summed E-state index contributed by atoms with van der Waals surface area (Å²) in [4.78, 5) is 0. The Bertz CT molecular complexity index is 287. The van der Waals surface area contributed by atoms with Crippen LogP contribution in [0.2, 0.25) is 0 Å². The summed E-state index contributed by atoms with van der Waals surface area (Å²) in [6, 6.07) is 0.352. The molecule has 0 aromatic carbocycles. The number of hydrogen-bond donors (Lipinski definition) is 1. The molecule has 0 radical (unpaired) electrons. The van der Waals surface area contributed by atoms with Gasteiger partial charge in [0.1, 0.15) is 0 Å². The molecule has 1 nitrogen and oxygen atoms in total. The van der Waals surface area contributed by atoms with Crippen molar-refractivity contribution in [3.8, 4) is 0 Å². The zero-order valence-electron chi connectivity index (χ0n) is 7.46. The molecule has 1 saturated carbocycles. The maximum absolute atomic E-state index is 6.01. The number of nitrogens with two attached hydrogens (primary N) is 1. The third-order valence-corrected chi connectivity index (χ3v) is 3.84. The third-order valence-electron chi connectivity index (χ3n) is 3.84. The van der Waals surface area contributed by atoms with Crippen LogP contribution in [0.4, 0.5) is 0 Å². The smallest absolute Gasteiger partial charge is 0.0297 e. The fraction of sp³-hybridized carbons (Fsp3) is 0.636. The van der Waals surface area contributed by atoms with Gasteiger partial charge in [-0.1, -0.05) is 24.6 Å². The van der Waals surface area contributed by atoms with E-state index in [1.54, 1.807) is 5.57 Å². The summed E-state index contributed by atoms with van der Waals surface area (Å²) in [5.41, 5.74) is 9.18. The molecule has 12 heavy (non-hydrogen) atoms. The molecule has 1 heteroatoms. The van der Waals surface area contributed by atoms with E-state index in [0.717, 1.165) is 17.8 Å². The molecule has 3 aliphatic rings. The van der Waals surface area contributed by atoms with Gasteiger partial charge in [0.25, 0.3) is 0 Å². The van der Waals surface area contributed by atoms with Gasteiger partial charge in [0.2, 0.25) is 0 Å². The molecule has 3 aliphatic carbocycles. The monoisotopic (exact) mass is 161 g/mol. The Morgan fingerprint density at radius 2 is 2.33 bits per heavy atom. The molecule has 0 saturated heterocycles. The zero-order chi connectivity index (χ0) is 8.29. The summed E-state index contributed by atoms with van der Waals surface area (Å²) < 4.78 is 0. The van der Waals surface area contributed by atoms with E-state index < -0.39 is 0 Å². The molecule has 0 spiro atoms. The number of fused-ring (bicyclic) bond motifs is 2. The highest BCUT2D eigenvalue weighted by Gasteiger charge is 2.50. The summed E-state index contributed by atoms with van der Waals surface area (Å²) in [5.74, 6) is 2.66. The first kappa shape index (κ1) is 6.90. The summed E-state index contributed by atoms with van der Waals surface area (Å²) >= 11 is 0. The molecule has 4 atom stereocenters. The summed E-state index contributed by atoms with van der Waals surface area (Å²) in [6.45, 7) is 2.36. The minimum atomic E-state index is 0.352. The lowest BCUT2D eigenvalue weighted by molar-refractivity contribution is 0.744. The van der Waals surface area contributed by atoms with Crippen LogP contribution in [0.3, 0.4) is 0 Å². The Kier molecular flexibility index (Phi) is 1.16. The van der Waals surface area contributed by atoms with Crippen molar-refractivity contribution in [2.45, 2.75) is 25.8 Å². The van der Waals surface area contributed by atoms with E-state index in [4.69, 9.17) is 5.73 Å². The fourth-order valence-electron chi connectivity index (χ4n) is 2.99. The van der Waals surface area contributed by atoms with Crippen molar-refractivity contribution in [2.24, 2.45) is 23.5 Å². The Morgan fingerprint density at radius 1 is 1.50 bits per heavy atom. The molecule has 0 heterocycles. The molecule has 2 N–H and O–H groups in total. The lowest BCUT2D eigenvalue weighted by Crippen LogP contribution is -2.18. The van der Waals surface area contributed by atoms with Crippen LogP contribution in [-0.4, -0.2) is 6.04 Å². The van der Waals surface area contributed by atoms with Crippen molar-refractivity contribution >= 4 is 0 Å². The maximum Gasteiger partial charge on any atom is 0.0297 e. The highest BCUT2D eigenvalue weighted by molar-refractivity contribution is 5.44. The molecule has 3 unspecified atom stereocenters. The number of hydrogen-bond acceptors (Lipinski definition) is 1. The number of rotatable bonds is 0. The van der Waals surface area contributed by atoms with Crippen molar-refractivity contribution in [2.75, 3.05) is 0 Å². The third kappa shape index (κ3) is 0.680. The minimum absolute atomic E-state index is 0.352. The van der Waals surface area contributed by atoms with Crippen LogP contribution < -0.4 is 5.73 Å². The van der Waals surface area contributed by atoms with Gasteiger partial charge in [0, 0.05) is 6.04 Å². The molecular weight excluding hydrogens is 146 g/mol. The summed E-state index contributed by atoms with van der Waals surface area (Å²) in [7, 11) is 0. The van der Waals surface area contributed by atoms with E-state index in [0.29, 0.717) is 6.04 Å². The Labute approximate surface area is 73.3 Å². The van der Waals surface area contributed by atoms with Gasteiger partial charge in [-0.15, -0.1) is 0 Å². The first-order chi connectivity index (χ1) is 5.79. The average Bonchev–Trinajstić information content (AvgIpc) is 2.57. The fourth-order valence-corrected chi connectivity index (χ4v) is 2.99. The van der Waals surface area contributed by atoms with Gasteiger partial charge < -0.3 is 5.73 Å². The molecule has 0 aromatic heterocycles. The van der Waals surface area contributed by atoms with Gasteiger partial charge in [0.05, 0.1) is 0 Å². The van der Waals surface area contributed by atoms with Crippen molar-refractivity contribution in [3.05, 3.63) is 23.3 Å². The van der Waals surface area contributed by atoms with Crippen molar-refractivity contribution in [3.63, 3.8) is 0 Å². The van der Waals surface area contributed by atoms with E-state index in [2.05, 4.69) is 19.1 Å². The van der Waals surface area contributed by atoms with Crippen LogP contribution >= 0.6 is 0 Å². The predicted molar refractivity (Wildman–Crippen MR) is 49.5 cm³/mol. The zero-order valence-corrected chi connectivity index (χ0v) is 7.46. The molecule has 3 rings (SSSR count). The Morgan fingerprint density at radius 3 is 3.17 bits per heavy atom. The molecule has 1 fully saturated rings. The quantitative estimate of drug-likeness (QED) is 0.576. The van der Waals surface area contributed by atoms with Gasteiger partial charge in [-0.2, -0.15) is 0 Å². The largest absolute Gasteiger partial charge is 0.324 e. The van der Waals surface area contributed by atoms with Crippen molar-refractivity contribution in [1.82, 2.24) is 0 Å². The molecule has 0 amide bonds. The van der Waals surface area contributed by atoms with Crippen molar-refractivity contribution < 1.29 is 0 Å². The predicted octanol–water partition coefficient (Wildman–Crippen LogP) is 1.86. The van der Waals surface area contributed by atoms with Gasteiger partial charge in [-0.3, -0.25) is 0 Å². The van der Waals surface area contributed by atoms with Crippen LogP contribution in [-0.2, 0) is 0 Å². The molecule has 0 aromatic rings. The van der Waals surface area contributed by atoms with E-state index in [9.17, 15) is 0 Å². The Balaban J connectivity index is 2.02. The minimum Gasteiger partial charge on any atom is -0.324 e. The second-order valence-corrected chi connectivity index (χ2v) is 4.45. The van der Waals surface area contributed by atoms with E-state index in [-0.39, 0.29) is 0 Å². The standard InChI is InChI=1S/C11H15N/c1-6-7-2-3-8-9(11(6)7)4-5-10(8)12/h2-3,6-7,10-11H,4-5,12H2,1H3/t6?,7?,10-,11?/m1/s1. The SMILES string of the molecule is CC1C2C=CC3=C(CC[C@H]3N)C12. The van der Waals surface area contributed by atoms with Crippen LogP contribution in [0.1, 0.15) is 19.8 Å². The van der Waals surface area contributed by atoms with E-state index in [1.165, 1.54) is 18.4 Å². The molecule has 0 aliphatic heterocycles. The van der Waals surface area contributed by atoms with Gasteiger partial charge >= 0.3 is 0 Å². The lowest BCUT2D eigenvalue weighted by atomic mass is 9.99. The topological polar surface area (TPSA) is 26.0 Å². The Hall–Kier alpha value is -0.560. The normalized spacial score (nSPS) is 49.2. The second-order valence-electron chi connectivity index (χ2n) is 4.45. The molecule has 64 valence electrons. The lowest BCUT2D eigenvalue weighted by Gasteiger charge is -2.09. The van der Waals surface area contributed by atoms with Crippen LogP contribution in [0.15, 0.2) is 23.3 Å².